The van der Waals surface area contributed by atoms with E-state index in [1.807, 2.05) is 24.3 Å². The van der Waals surface area contributed by atoms with E-state index < -0.39 is 0 Å². The molecule has 1 aliphatic heterocycles. The van der Waals surface area contributed by atoms with Crippen LogP contribution >= 0.6 is 0 Å². The Kier molecular flexibility index (Phi) is 4.41. The van der Waals surface area contributed by atoms with Gasteiger partial charge in [-0.25, -0.2) is 0 Å². The second-order valence-electron chi connectivity index (χ2n) is 5.74. The number of ether oxygens (including phenoxy) is 2. The van der Waals surface area contributed by atoms with Crippen molar-refractivity contribution in [1.82, 2.24) is 0 Å². The molecule has 3 rings (SSSR count). The fourth-order valence-electron chi connectivity index (χ4n) is 3.06. The highest BCUT2D eigenvalue weighted by molar-refractivity contribution is 5.51. The van der Waals surface area contributed by atoms with Crippen molar-refractivity contribution < 1.29 is 19.7 Å². The lowest BCUT2D eigenvalue weighted by Gasteiger charge is -2.32. The van der Waals surface area contributed by atoms with Gasteiger partial charge in [-0.15, -0.1) is 0 Å². The average Bonchev–Trinajstić information content (AvgIpc) is 2.58. The van der Waals surface area contributed by atoms with Crippen molar-refractivity contribution >= 4 is 0 Å². The Morgan fingerprint density at radius 3 is 2.57 bits per heavy atom. The quantitative estimate of drug-likeness (QED) is 0.754. The monoisotopic (exact) mass is 315 g/mol. The molecule has 4 N–H and O–H groups in total. The van der Waals surface area contributed by atoms with E-state index in [9.17, 15) is 10.2 Å². The number of methoxy groups -OCH3 is 1. The zero-order valence-electron chi connectivity index (χ0n) is 13.0. The van der Waals surface area contributed by atoms with Gasteiger partial charge in [-0.2, -0.15) is 0 Å². The third-order valence-corrected chi connectivity index (χ3v) is 4.27. The highest BCUT2D eigenvalue weighted by Gasteiger charge is 2.29. The van der Waals surface area contributed by atoms with Gasteiger partial charge in [-0.05, 0) is 35.7 Å². The molecule has 0 saturated carbocycles. The molecule has 5 nitrogen and oxygen atoms in total. The van der Waals surface area contributed by atoms with Crippen molar-refractivity contribution in [3.05, 3.63) is 53.1 Å². The molecule has 2 aromatic rings. The van der Waals surface area contributed by atoms with Gasteiger partial charge in [0.25, 0.3) is 0 Å². The number of hydrogen-bond acceptors (Lipinski definition) is 5. The molecular formula is C18H21NO4. The van der Waals surface area contributed by atoms with Gasteiger partial charge < -0.3 is 25.4 Å². The molecular weight excluding hydrogens is 294 g/mol. The smallest absolute Gasteiger partial charge is 0.161 e. The molecule has 0 fully saturated rings. The molecule has 1 aliphatic rings. The van der Waals surface area contributed by atoms with Crippen LogP contribution in [0.5, 0.6) is 17.2 Å². The molecule has 122 valence electrons. The normalized spacial score (nSPS) is 20.1. The van der Waals surface area contributed by atoms with Gasteiger partial charge in [0.05, 0.1) is 19.3 Å². The Balaban J connectivity index is 1.83. The first-order valence-corrected chi connectivity index (χ1v) is 7.64. The molecule has 2 atom stereocenters. The zero-order valence-corrected chi connectivity index (χ0v) is 13.0. The van der Waals surface area contributed by atoms with Crippen molar-refractivity contribution in [3.8, 4) is 17.2 Å². The summed E-state index contributed by atoms with van der Waals surface area (Å²) in [6.45, 7) is 0.330. The second kappa shape index (κ2) is 6.48. The molecule has 2 aromatic carbocycles. The Hall–Kier alpha value is -2.24. The average molecular weight is 315 g/mol. The minimum atomic E-state index is -0.270. The second-order valence-corrected chi connectivity index (χ2v) is 5.74. The van der Waals surface area contributed by atoms with E-state index in [4.69, 9.17) is 15.2 Å². The molecule has 0 amide bonds. The largest absolute Gasteiger partial charge is 0.504 e. The predicted octanol–water partition coefficient (Wildman–Crippen LogP) is 2.29. The lowest BCUT2D eigenvalue weighted by Crippen LogP contribution is -2.31. The molecule has 0 aromatic heterocycles. The first kappa shape index (κ1) is 15.6. The summed E-state index contributed by atoms with van der Waals surface area (Å²) < 4.78 is 11.2. The number of aromatic hydroxyl groups is 2. The first-order valence-electron chi connectivity index (χ1n) is 7.64. The lowest BCUT2D eigenvalue weighted by atomic mass is 9.90. The van der Waals surface area contributed by atoms with Crippen molar-refractivity contribution in [2.24, 2.45) is 5.73 Å². The number of hydrogen-bond donors (Lipinski definition) is 3. The van der Waals surface area contributed by atoms with Gasteiger partial charge in [-0.1, -0.05) is 18.2 Å². The summed E-state index contributed by atoms with van der Waals surface area (Å²) in [6, 6.07) is 11.1. The standard InChI is InChI=1S/C18H21NO4/c1-22-12-4-2-11(3-5-12)8-13-9-15-14(17(10-19)23-13)6-7-16(20)18(15)21/h2-7,13,17,20-21H,8-10,19H2,1H3/t13-,17+/m1/s1. The number of benzene rings is 2. The van der Waals surface area contributed by atoms with E-state index in [1.54, 1.807) is 13.2 Å². The molecule has 1 heterocycles. The van der Waals surface area contributed by atoms with E-state index in [2.05, 4.69) is 0 Å². The Bertz CT molecular complexity index is 684. The highest BCUT2D eigenvalue weighted by Crippen LogP contribution is 2.40. The fraction of sp³-hybridized carbons (Fsp3) is 0.333. The maximum absolute atomic E-state index is 10.1. The van der Waals surface area contributed by atoms with Gasteiger partial charge in [0.15, 0.2) is 11.5 Å². The van der Waals surface area contributed by atoms with Gasteiger partial charge in [-0.3, -0.25) is 0 Å². The third kappa shape index (κ3) is 3.11. The van der Waals surface area contributed by atoms with E-state index in [0.29, 0.717) is 19.4 Å². The van der Waals surface area contributed by atoms with E-state index in [-0.39, 0.29) is 23.7 Å². The molecule has 5 heteroatoms. The molecule has 23 heavy (non-hydrogen) atoms. The maximum atomic E-state index is 10.1. The lowest BCUT2D eigenvalue weighted by molar-refractivity contribution is -0.0207. The van der Waals surface area contributed by atoms with Gasteiger partial charge in [0, 0.05) is 18.5 Å². The summed E-state index contributed by atoms with van der Waals surface area (Å²) >= 11 is 0. The highest BCUT2D eigenvalue weighted by atomic mass is 16.5. The van der Waals surface area contributed by atoms with Crippen LogP contribution in [0.4, 0.5) is 0 Å². The van der Waals surface area contributed by atoms with Crippen LogP contribution in [-0.2, 0) is 17.6 Å². The minimum Gasteiger partial charge on any atom is -0.504 e. The van der Waals surface area contributed by atoms with Crippen molar-refractivity contribution in [2.45, 2.75) is 25.0 Å². The number of phenolic OH excluding ortho intramolecular Hbond substituents is 2. The molecule has 0 aliphatic carbocycles. The Morgan fingerprint density at radius 1 is 1.17 bits per heavy atom. The SMILES string of the molecule is COc1ccc(C[C@@H]2Cc3c(ccc(O)c3O)[C@H](CN)O2)cc1. The topological polar surface area (TPSA) is 84.9 Å². The summed E-state index contributed by atoms with van der Waals surface area (Å²) in [5.74, 6) is 0.639. The van der Waals surface area contributed by atoms with Crippen molar-refractivity contribution in [2.75, 3.05) is 13.7 Å². The maximum Gasteiger partial charge on any atom is 0.161 e. The van der Waals surface area contributed by atoms with Crippen LogP contribution < -0.4 is 10.5 Å². The summed E-state index contributed by atoms with van der Waals surface area (Å²) in [7, 11) is 1.64. The van der Waals surface area contributed by atoms with Crippen LogP contribution in [0, 0.1) is 0 Å². The number of nitrogens with two attached hydrogens (primary N) is 1. The predicted molar refractivity (Wildman–Crippen MR) is 86.8 cm³/mol. The van der Waals surface area contributed by atoms with E-state index in [0.717, 1.165) is 22.4 Å². The van der Waals surface area contributed by atoms with E-state index in [1.165, 1.54) is 6.07 Å². The van der Waals surface area contributed by atoms with Gasteiger partial charge in [0.2, 0.25) is 0 Å². The van der Waals surface area contributed by atoms with Crippen molar-refractivity contribution in [3.63, 3.8) is 0 Å². The number of fused-ring (bicyclic) bond motifs is 1. The zero-order chi connectivity index (χ0) is 16.4. The number of rotatable bonds is 4. The van der Waals surface area contributed by atoms with Gasteiger partial charge in [0.1, 0.15) is 5.75 Å². The van der Waals surface area contributed by atoms with Gasteiger partial charge >= 0.3 is 0 Å². The van der Waals surface area contributed by atoms with E-state index >= 15 is 0 Å². The van der Waals surface area contributed by atoms with Crippen LogP contribution in [0.2, 0.25) is 0 Å². The molecule has 0 saturated heterocycles. The summed E-state index contributed by atoms with van der Waals surface area (Å²) in [5.41, 5.74) is 8.52. The van der Waals surface area contributed by atoms with Crippen LogP contribution in [0.3, 0.4) is 0 Å². The third-order valence-electron chi connectivity index (χ3n) is 4.27. The molecule has 0 bridgehead atoms. The van der Waals surface area contributed by atoms with Crippen molar-refractivity contribution in [1.29, 1.82) is 0 Å². The molecule has 0 spiro atoms. The summed E-state index contributed by atoms with van der Waals surface area (Å²) in [4.78, 5) is 0. The molecule has 0 radical (unpaired) electrons. The number of phenols is 2. The first-order chi connectivity index (χ1) is 11.1. The van der Waals surface area contributed by atoms with Crippen LogP contribution in [0.15, 0.2) is 36.4 Å². The summed E-state index contributed by atoms with van der Waals surface area (Å²) in [5, 5.41) is 19.9. The summed E-state index contributed by atoms with van der Waals surface area (Å²) in [6.07, 6.45) is 0.873. The van der Waals surface area contributed by atoms with Crippen LogP contribution in [0.1, 0.15) is 22.8 Å². The van der Waals surface area contributed by atoms with Crippen LogP contribution in [0.25, 0.3) is 0 Å². The Morgan fingerprint density at radius 2 is 1.91 bits per heavy atom. The fourth-order valence-corrected chi connectivity index (χ4v) is 3.06. The minimum absolute atomic E-state index is 0.0658. The Labute approximate surface area is 135 Å². The van der Waals surface area contributed by atoms with Crippen LogP contribution in [-0.4, -0.2) is 30.0 Å². The molecule has 0 unspecified atom stereocenters.